The Labute approximate surface area is 265 Å². The first-order valence-electron chi connectivity index (χ1n) is 17.0. The van der Waals surface area contributed by atoms with E-state index >= 15 is 0 Å². The van der Waals surface area contributed by atoms with E-state index in [9.17, 15) is 13.2 Å². The fourth-order valence-corrected chi connectivity index (χ4v) is 4.63. The number of methoxy groups -OCH3 is 1. The Kier molecular flexibility index (Phi) is 30.2. The van der Waals surface area contributed by atoms with Crippen LogP contribution >= 0.6 is 0 Å². The van der Waals surface area contributed by atoms with Gasteiger partial charge in [0.1, 0.15) is 0 Å². The molecule has 0 spiro atoms. The molecular formula is C35H69F3N4O. The lowest BCUT2D eigenvalue weighted by Crippen LogP contribution is -2.39. The van der Waals surface area contributed by atoms with Crippen molar-refractivity contribution in [3.8, 4) is 0 Å². The topological polar surface area (TPSA) is 31.0 Å². The summed E-state index contributed by atoms with van der Waals surface area (Å²) in [5.41, 5.74) is 0.405. The van der Waals surface area contributed by atoms with Crippen LogP contribution in [0.4, 0.5) is 13.2 Å². The molecule has 256 valence electrons. The number of hydrogen-bond donors (Lipinski definition) is 1. The summed E-state index contributed by atoms with van der Waals surface area (Å²) in [5.74, 6) is 0. The van der Waals surface area contributed by atoms with Crippen molar-refractivity contribution in [2.75, 3.05) is 80.2 Å². The van der Waals surface area contributed by atoms with Gasteiger partial charge >= 0.3 is 6.18 Å². The van der Waals surface area contributed by atoms with E-state index in [1.807, 2.05) is 13.0 Å². The molecule has 8 heteroatoms. The van der Waals surface area contributed by atoms with Gasteiger partial charge in [-0.25, -0.2) is 0 Å². The first-order valence-corrected chi connectivity index (χ1v) is 17.0. The Morgan fingerprint density at radius 2 is 1.53 bits per heavy atom. The van der Waals surface area contributed by atoms with Gasteiger partial charge in [0.25, 0.3) is 0 Å². The zero-order valence-corrected chi connectivity index (χ0v) is 29.5. The summed E-state index contributed by atoms with van der Waals surface area (Å²) in [6, 6.07) is 0.852. The molecule has 0 amide bonds. The monoisotopic (exact) mass is 619 g/mol. The van der Waals surface area contributed by atoms with Gasteiger partial charge in [0.15, 0.2) is 0 Å². The average Bonchev–Trinajstić information content (AvgIpc) is 3.27. The highest BCUT2D eigenvalue weighted by atomic mass is 19.4. The second-order valence-corrected chi connectivity index (χ2v) is 11.3. The summed E-state index contributed by atoms with van der Waals surface area (Å²) in [7, 11) is 6.07. The minimum Gasteiger partial charge on any atom is -0.385 e. The number of hydrogen-bond acceptors (Lipinski definition) is 5. The highest BCUT2D eigenvalue weighted by molar-refractivity contribution is 5.34. The largest absolute Gasteiger partial charge is 0.416 e. The normalized spacial score (nSPS) is 16.1. The molecule has 1 fully saturated rings. The molecule has 0 aromatic carbocycles. The van der Waals surface area contributed by atoms with Crippen LogP contribution in [0.1, 0.15) is 99.3 Å². The fraction of sp³-hybridized carbons (Fsp3) is 0.829. The highest BCUT2D eigenvalue weighted by Crippen LogP contribution is 2.29. The van der Waals surface area contributed by atoms with Crippen LogP contribution < -0.4 is 5.32 Å². The molecule has 1 saturated heterocycles. The van der Waals surface area contributed by atoms with E-state index < -0.39 is 11.7 Å². The molecule has 0 aromatic rings. The highest BCUT2D eigenvalue weighted by Gasteiger charge is 2.31. The number of halogens is 3. The number of piperidine rings is 1. The maximum absolute atomic E-state index is 12.2. The number of likely N-dealkylation sites (tertiary alicyclic amines) is 1. The smallest absolute Gasteiger partial charge is 0.385 e. The number of nitrogens with zero attached hydrogens (tertiary/aromatic N) is 3. The van der Waals surface area contributed by atoms with E-state index in [1.165, 1.54) is 76.9 Å². The van der Waals surface area contributed by atoms with Crippen LogP contribution in [0.2, 0.25) is 0 Å². The predicted octanol–water partition coefficient (Wildman–Crippen LogP) is 8.34. The quantitative estimate of drug-likeness (QED) is 0.187. The van der Waals surface area contributed by atoms with E-state index in [1.54, 1.807) is 7.11 Å². The maximum Gasteiger partial charge on any atom is 0.416 e. The number of alkyl halides is 3. The van der Waals surface area contributed by atoms with E-state index in [-0.39, 0.29) is 0 Å². The molecule has 0 radical (unpaired) electrons. The Hall–Kier alpha value is -1.19. The van der Waals surface area contributed by atoms with Crippen molar-refractivity contribution in [1.82, 2.24) is 20.0 Å². The molecule has 2 rings (SSSR count). The summed E-state index contributed by atoms with van der Waals surface area (Å²) < 4.78 is 41.3. The molecule has 0 aromatic heterocycles. The molecule has 1 aliphatic heterocycles. The van der Waals surface area contributed by atoms with Gasteiger partial charge in [-0.1, -0.05) is 77.8 Å². The summed E-state index contributed by atoms with van der Waals surface area (Å²) in [6.07, 6.45) is 12.1. The van der Waals surface area contributed by atoms with Gasteiger partial charge in [0, 0.05) is 32.8 Å². The van der Waals surface area contributed by atoms with Crippen LogP contribution in [0.3, 0.4) is 0 Å². The van der Waals surface area contributed by atoms with E-state index in [0.717, 1.165) is 63.3 Å². The number of ether oxygens (including phenoxy) is 1. The third-order valence-electron chi connectivity index (χ3n) is 7.79. The van der Waals surface area contributed by atoms with Crippen LogP contribution in [0.25, 0.3) is 0 Å². The zero-order valence-electron chi connectivity index (χ0n) is 29.5. The van der Waals surface area contributed by atoms with E-state index in [4.69, 9.17) is 4.74 Å². The first-order chi connectivity index (χ1) is 20.5. The fourth-order valence-electron chi connectivity index (χ4n) is 4.63. The Balaban J connectivity index is 0. The lowest BCUT2D eigenvalue weighted by Gasteiger charge is -2.34. The van der Waals surface area contributed by atoms with Crippen molar-refractivity contribution in [2.24, 2.45) is 0 Å². The third kappa shape index (κ3) is 25.8. The van der Waals surface area contributed by atoms with Gasteiger partial charge in [0.05, 0.1) is 5.57 Å². The second kappa shape index (κ2) is 29.5. The molecule has 1 N–H and O–H groups in total. The third-order valence-corrected chi connectivity index (χ3v) is 7.79. The summed E-state index contributed by atoms with van der Waals surface area (Å²) in [6.45, 7) is 23.4. The van der Waals surface area contributed by atoms with Crippen LogP contribution in [0.15, 0.2) is 35.5 Å². The molecule has 2 aliphatic rings. The Bertz CT molecular complexity index is 702. The Morgan fingerprint density at radius 3 is 2.00 bits per heavy atom. The van der Waals surface area contributed by atoms with Crippen LogP contribution in [0.5, 0.6) is 0 Å². The van der Waals surface area contributed by atoms with Crippen LogP contribution in [0, 0.1) is 0 Å². The standard InChI is InChI=1S/C14H30N2.C10H11F3.C7H18N2.C4H10O/c1-4-14(10-9-11-15(3)5-2)16-12-7-6-8-13-16;1-2-8-4-3-5-9(7-6-8)10(11,12)13;1-4-8-6-7-9(3)5-2;1-3-4-5-2/h14H,4-13H2,1-3H3;4-7H,2-3H2,1H3;8H,4-7H2,1-3H3;3-4H2,1-2H3. The minimum absolute atomic E-state index is 0.366. The molecule has 1 aliphatic carbocycles. The molecule has 5 nitrogen and oxygen atoms in total. The van der Waals surface area contributed by atoms with Crippen molar-refractivity contribution >= 4 is 0 Å². The van der Waals surface area contributed by atoms with Gasteiger partial charge in [-0.2, -0.15) is 13.2 Å². The molecule has 0 bridgehead atoms. The van der Waals surface area contributed by atoms with Gasteiger partial charge in [-0.15, -0.1) is 0 Å². The minimum atomic E-state index is -4.21. The zero-order chi connectivity index (χ0) is 32.9. The molecule has 1 unspecified atom stereocenters. The van der Waals surface area contributed by atoms with Gasteiger partial charge in [0.2, 0.25) is 0 Å². The van der Waals surface area contributed by atoms with Crippen molar-refractivity contribution in [2.45, 2.75) is 112 Å². The maximum atomic E-state index is 12.2. The van der Waals surface area contributed by atoms with Gasteiger partial charge in [-0.3, -0.25) is 0 Å². The molecule has 0 saturated carbocycles. The molecular weight excluding hydrogens is 549 g/mol. The van der Waals surface area contributed by atoms with Gasteiger partial charge < -0.3 is 24.8 Å². The first kappa shape index (κ1) is 43.9. The van der Waals surface area contributed by atoms with E-state index in [2.05, 4.69) is 68.7 Å². The van der Waals surface area contributed by atoms with Crippen molar-refractivity contribution in [3.63, 3.8) is 0 Å². The number of rotatable bonds is 15. The number of nitrogens with one attached hydrogen (secondary N) is 1. The SMILES string of the molecule is CCC(CCCN(C)CC)N1CCCCC1.CCC1=CCC=C(C(F)(F)F)C=C1.CCCOC.CCNCCN(C)CC. The van der Waals surface area contributed by atoms with Crippen molar-refractivity contribution in [3.05, 3.63) is 35.5 Å². The molecule has 43 heavy (non-hydrogen) atoms. The summed E-state index contributed by atoms with van der Waals surface area (Å²) >= 11 is 0. The molecule has 1 atom stereocenters. The average molecular weight is 619 g/mol. The summed E-state index contributed by atoms with van der Waals surface area (Å²) in [5, 5.41) is 3.27. The predicted molar refractivity (Wildman–Crippen MR) is 182 cm³/mol. The second-order valence-electron chi connectivity index (χ2n) is 11.3. The molecule has 1 heterocycles. The van der Waals surface area contributed by atoms with Crippen LogP contribution in [-0.4, -0.2) is 107 Å². The van der Waals surface area contributed by atoms with Crippen LogP contribution in [-0.2, 0) is 4.74 Å². The lowest BCUT2D eigenvalue weighted by atomic mass is 10.0. The number of likely N-dealkylation sites (N-methyl/N-ethyl adjacent to an activating group) is 2. The van der Waals surface area contributed by atoms with Crippen molar-refractivity contribution < 1.29 is 17.9 Å². The van der Waals surface area contributed by atoms with Gasteiger partial charge in [-0.05, 0) is 105 Å². The number of allylic oxidation sites excluding steroid dienone is 6. The van der Waals surface area contributed by atoms with Crippen molar-refractivity contribution in [1.29, 1.82) is 0 Å². The summed E-state index contributed by atoms with van der Waals surface area (Å²) in [4.78, 5) is 7.45. The Morgan fingerprint density at radius 1 is 0.907 bits per heavy atom. The van der Waals surface area contributed by atoms with E-state index in [0.29, 0.717) is 6.42 Å². The lowest BCUT2D eigenvalue weighted by molar-refractivity contribution is -0.0883.